The fourth-order valence-corrected chi connectivity index (χ4v) is 1.70. The highest BCUT2D eigenvalue weighted by Gasteiger charge is 2.10. The Balaban J connectivity index is 2.28. The summed E-state index contributed by atoms with van der Waals surface area (Å²) in [7, 11) is 0. The molecule has 0 aliphatic carbocycles. The van der Waals surface area contributed by atoms with E-state index in [1.807, 2.05) is 24.3 Å². The molecule has 2 aromatic rings. The van der Waals surface area contributed by atoms with Crippen molar-refractivity contribution < 1.29 is 5.11 Å². The average molecular weight is 224 g/mol. The van der Waals surface area contributed by atoms with Crippen molar-refractivity contribution >= 4 is 0 Å². The van der Waals surface area contributed by atoms with E-state index in [-0.39, 0.29) is 0 Å². The van der Waals surface area contributed by atoms with Crippen molar-refractivity contribution in [2.75, 3.05) is 0 Å². The van der Waals surface area contributed by atoms with E-state index in [0.717, 1.165) is 16.7 Å². The van der Waals surface area contributed by atoms with Crippen LogP contribution in [0.15, 0.2) is 48.8 Å². The van der Waals surface area contributed by atoms with Gasteiger partial charge in [-0.3, -0.25) is 4.98 Å². The van der Waals surface area contributed by atoms with Crippen LogP contribution in [0.5, 0.6) is 0 Å². The van der Waals surface area contributed by atoms with Gasteiger partial charge in [-0.1, -0.05) is 24.3 Å². The number of pyridine rings is 1. The number of benzene rings is 1. The van der Waals surface area contributed by atoms with Crippen molar-refractivity contribution in [1.29, 1.82) is 5.26 Å². The maximum Gasteiger partial charge on any atom is 0.104 e. The largest absolute Gasteiger partial charge is 0.384 e. The Morgan fingerprint density at radius 1 is 1.18 bits per heavy atom. The first-order valence-electron chi connectivity index (χ1n) is 5.35. The van der Waals surface area contributed by atoms with Gasteiger partial charge in [-0.15, -0.1) is 0 Å². The van der Waals surface area contributed by atoms with E-state index in [9.17, 15) is 5.11 Å². The highest BCUT2D eigenvalue weighted by Crippen LogP contribution is 2.21. The van der Waals surface area contributed by atoms with Gasteiger partial charge < -0.3 is 5.11 Å². The van der Waals surface area contributed by atoms with E-state index in [4.69, 9.17) is 5.26 Å². The van der Waals surface area contributed by atoms with Crippen LogP contribution in [0, 0.1) is 11.3 Å². The molecule has 2 rings (SSSR count). The van der Waals surface area contributed by atoms with Crippen molar-refractivity contribution in [3.63, 3.8) is 0 Å². The van der Waals surface area contributed by atoms with Crippen LogP contribution in [-0.4, -0.2) is 10.1 Å². The molecule has 84 valence electrons. The molecule has 1 atom stereocenters. The number of hydrogen-bond donors (Lipinski definition) is 1. The zero-order valence-corrected chi connectivity index (χ0v) is 9.24. The van der Waals surface area contributed by atoms with Crippen molar-refractivity contribution in [2.45, 2.75) is 12.5 Å². The third-order valence-electron chi connectivity index (χ3n) is 2.57. The molecule has 0 aliphatic heterocycles. The van der Waals surface area contributed by atoms with Crippen LogP contribution in [0.1, 0.15) is 22.8 Å². The lowest BCUT2D eigenvalue weighted by atomic mass is 10.00. The molecule has 0 saturated carbocycles. The second kappa shape index (κ2) is 5.24. The highest BCUT2D eigenvalue weighted by atomic mass is 16.3. The summed E-state index contributed by atoms with van der Waals surface area (Å²) in [5, 5.41) is 18.8. The third kappa shape index (κ3) is 2.68. The van der Waals surface area contributed by atoms with Crippen molar-refractivity contribution in [2.24, 2.45) is 0 Å². The lowest BCUT2D eigenvalue weighted by molar-refractivity contribution is 0.220. The number of aliphatic hydroxyl groups excluding tert-OH is 1. The number of hydrogen-bond acceptors (Lipinski definition) is 3. The van der Waals surface area contributed by atoms with Gasteiger partial charge in [0.1, 0.15) is 6.10 Å². The van der Waals surface area contributed by atoms with E-state index < -0.39 is 6.10 Å². The molecule has 0 saturated heterocycles. The molecule has 0 radical (unpaired) electrons. The van der Waals surface area contributed by atoms with E-state index in [0.29, 0.717) is 6.42 Å². The summed E-state index contributed by atoms with van der Waals surface area (Å²) >= 11 is 0. The van der Waals surface area contributed by atoms with Gasteiger partial charge in [0.05, 0.1) is 12.5 Å². The van der Waals surface area contributed by atoms with Crippen LogP contribution in [0.25, 0.3) is 0 Å². The molecule has 1 heterocycles. The predicted octanol–water partition coefficient (Wildman–Crippen LogP) is 2.23. The summed E-state index contributed by atoms with van der Waals surface area (Å²) in [4.78, 5) is 3.91. The summed E-state index contributed by atoms with van der Waals surface area (Å²) < 4.78 is 0. The van der Waals surface area contributed by atoms with Gasteiger partial charge in [0.25, 0.3) is 0 Å². The Labute approximate surface area is 100.0 Å². The Morgan fingerprint density at radius 3 is 2.65 bits per heavy atom. The normalized spacial score (nSPS) is 11.8. The molecule has 1 aromatic heterocycles. The van der Waals surface area contributed by atoms with Crippen molar-refractivity contribution in [1.82, 2.24) is 4.98 Å². The Bertz CT molecular complexity index is 531. The maximum atomic E-state index is 10.2. The van der Waals surface area contributed by atoms with Crippen molar-refractivity contribution in [3.8, 4) is 6.07 Å². The molecule has 0 aliphatic rings. The minimum Gasteiger partial charge on any atom is -0.384 e. The monoisotopic (exact) mass is 224 g/mol. The van der Waals surface area contributed by atoms with Gasteiger partial charge in [0, 0.05) is 12.4 Å². The van der Waals surface area contributed by atoms with Crippen LogP contribution in [0.2, 0.25) is 0 Å². The molecule has 0 amide bonds. The Morgan fingerprint density at radius 2 is 1.94 bits per heavy atom. The van der Waals surface area contributed by atoms with Gasteiger partial charge in [0.2, 0.25) is 0 Å². The summed E-state index contributed by atoms with van der Waals surface area (Å²) in [6.07, 6.45) is 2.99. The third-order valence-corrected chi connectivity index (χ3v) is 2.57. The molecular formula is C14H12N2O. The number of aromatic nitrogens is 1. The van der Waals surface area contributed by atoms with Gasteiger partial charge >= 0.3 is 0 Å². The highest BCUT2D eigenvalue weighted by molar-refractivity contribution is 5.32. The predicted molar refractivity (Wildman–Crippen MR) is 64.1 cm³/mol. The smallest absolute Gasteiger partial charge is 0.104 e. The first kappa shape index (κ1) is 11.3. The average Bonchev–Trinajstić information content (AvgIpc) is 2.40. The Hall–Kier alpha value is -2.18. The molecule has 1 unspecified atom stereocenters. The second-order valence-electron chi connectivity index (χ2n) is 3.76. The Kier molecular flexibility index (Phi) is 3.49. The van der Waals surface area contributed by atoms with Gasteiger partial charge in [-0.2, -0.15) is 5.26 Å². The van der Waals surface area contributed by atoms with Crippen LogP contribution >= 0.6 is 0 Å². The SMILES string of the molecule is N#CCc1cccc(C(O)c2ccncc2)c1. The number of aliphatic hydroxyl groups is 1. The van der Waals surface area contributed by atoms with E-state index in [2.05, 4.69) is 11.1 Å². The summed E-state index contributed by atoms with van der Waals surface area (Å²) in [6, 6.07) is 13.1. The van der Waals surface area contributed by atoms with Crippen LogP contribution in [0.3, 0.4) is 0 Å². The molecule has 3 heteroatoms. The lowest BCUT2D eigenvalue weighted by Crippen LogP contribution is -2.00. The standard InChI is InChI=1S/C14H12N2O/c15-7-4-11-2-1-3-13(10-11)14(17)12-5-8-16-9-6-12/h1-3,5-6,8-10,14,17H,4H2. The van der Waals surface area contributed by atoms with E-state index in [1.165, 1.54) is 0 Å². The zero-order chi connectivity index (χ0) is 12.1. The molecule has 1 aromatic carbocycles. The molecule has 17 heavy (non-hydrogen) atoms. The second-order valence-corrected chi connectivity index (χ2v) is 3.76. The van der Waals surface area contributed by atoms with Crippen LogP contribution < -0.4 is 0 Å². The molecule has 0 bridgehead atoms. The number of nitriles is 1. The zero-order valence-electron chi connectivity index (χ0n) is 9.24. The van der Waals surface area contributed by atoms with Crippen LogP contribution in [-0.2, 0) is 6.42 Å². The maximum absolute atomic E-state index is 10.2. The minimum atomic E-state index is -0.670. The first-order chi connectivity index (χ1) is 8.31. The first-order valence-corrected chi connectivity index (χ1v) is 5.35. The minimum absolute atomic E-state index is 0.358. The van der Waals surface area contributed by atoms with E-state index >= 15 is 0 Å². The number of rotatable bonds is 3. The molecule has 0 spiro atoms. The lowest BCUT2D eigenvalue weighted by Gasteiger charge is -2.11. The van der Waals surface area contributed by atoms with E-state index in [1.54, 1.807) is 24.5 Å². The quantitative estimate of drug-likeness (QED) is 0.869. The molecule has 3 nitrogen and oxygen atoms in total. The van der Waals surface area contributed by atoms with Gasteiger partial charge in [-0.25, -0.2) is 0 Å². The number of nitrogens with zero attached hydrogens (tertiary/aromatic N) is 2. The topological polar surface area (TPSA) is 56.9 Å². The molecular weight excluding hydrogens is 212 g/mol. The summed E-state index contributed by atoms with van der Waals surface area (Å²) in [6.45, 7) is 0. The fraction of sp³-hybridized carbons (Fsp3) is 0.143. The summed E-state index contributed by atoms with van der Waals surface area (Å²) in [5.74, 6) is 0. The molecule has 0 fully saturated rings. The van der Waals surface area contributed by atoms with Crippen LogP contribution in [0.4, 0.5) is 0 Å². The van der Waals surface area contributed by atoms with Gasteiger partial charge in [-0.05, 0) is 28.8 Å². The van der Waals surface area contributed by atoms with Crippen molar-refractivity contribution in [3.05, 3.63) is 65.5 Å². The molecule has 1 N–H and O–H groups in total. The van der Waals surface area contributed by atoms with Gasteiger partial charge in [0.15, 0.2) is 0 Å². The summed E-state index contributed by atoms with van der Waals surface area (Å²) in [5.41, 5.74) is 2.51. The fourth-order valence-electron chi connectivity index (χ4n) is 1.70.